The molecular weight excluding hydrogens is 169 g/mol. The smallest absolute Gasteiger partial charge is 0.260 e. The van der Waals surface area contributed by atoms with Crippen molar-refractivity contribution >= 4 is 0 Å². The van der Waals surface area contributed by atoms with Gasteiger partial charge in [-0.2, -0.15) is 18.3 Å². The van der Waals surface area contributed by atoms with Crippen molar-refractivity contribution in [3.63, 3.8) is 0 Å². The third-order valence-corrected chi connectivity index (χ3v) is 1.43. The minimum atomic E-state index is -4.20. The minimum absolute atomic E-state index is 0.534. The Morgan fingerprint density at radius 1 is 1.58 bits per heavy atom. The van der Waals surface area contributed by atoms with E-state index in [2.05, 4.69) is 11.3 Å². The van der Waals surface area contributed by atoms with E-state index in [-0.39, 0.29) is 0 Å². The highest BCUT2D eigenvalue weighted by Gasteiger charge is 2.28. The average Bonchev–Trinajstić information content (AvgIpc) is 2.31. The molecule has 0 atom stereocenters. The van der Waals surface area contributed by atoms with E-state index in [1.165, 1.54) is 6.07 Å². The van der Waals surface area contributed by atoms with Crippen LogP contribution in [0.25, 0.3) is 0 Å². The number of hydrogen-bond acceptors (Lipinski definition) is 1. The molecule has 1 aromatic heterocycles. The molecule has 0 aliphatic rings. The van der Waals surface area contributed by atoms with Crippen LogP contribution in [0.2, 0.25) is 0 Å². The van der Waals surface area contributed by atoms with Crippen molar-refractivity contribution < 1.29 is 13.2 Å². The normalized spacial score (nSPS) is 12.0. The fourth-order valence-corrected chi connectivity index (χ4v) is 0.903. The second-order valence-electron chi connectivity index (χ2n) is 2.39. The van der Waals surface area contributed by atoms with Crippen LogP contribution in [0.15, 0.2) is 6.07 Å². The molecule has 1 rings (SSSR count). The van der Waals surface area contributed by atoms with E-state index < -0.39 is 12.7 Å². The number of hydrogen-bond donors (Lipinski definition) is 0. The first-order valence-corrected chi connectivity index (χ1v) is 3.52. The minimum Gasteiger partial charge on any atom is -0.260 e. The van der Waals surface area contributed by atoms with Gasteiger partial charge >= 0.3 is 6.18 Å². The lowest BCUT2D eigenvalue weighted by atomic mass is 10.3. The summed E-state index contributed by atoms with van der Waals surface area (Å²) in [7, 11) is 0. The zero-order chi connectivity index (χ0) is 9.19. The summed E-state index contributed by atoms with van der Waals surface area (Å²) in [6.07, 6.45) is -1.29. The Labute approximate surface area is 68.0 Å². The van der Waals surface area contributed by atoms with Gasteiger partial charge in [-0.15, -0.1) is 0 Å². The maximum absolute atomic E-state index is 11.9. The van der Waals surface area contributed by atoms with Gasteiger partial charge < -0.3 is 0 Å². The third-order valence-electron chi connectivity index (χ3n) is 1.43. The molecule has 1 aromatic rings. The standard InChI is InChI=1S/C7H8F3N2/c1-2-6-3-4-11-12(6)5-7(8,9)10/h3H,2,5H2,1H3. The summed E-state index contributed by atoms with van der Waals surface area (Å²) < 4.78 is 36.5. The number of aryl methyl sites for hydroxylation is 1. The summed E-state index contributed by atoms with van der Waals surface area (Å²) in [5.74, 6) is 0. The van der Waals surface area contributed by atoms with E-state index in [0.717, 1.165) is 4.68 Å². The Balaban J connectivity index is 2.75. The third kappa shape index (κ3) is 2.25. The van der Waals surface area contributed by atoms with Gasteiger partial charge in [0.1, 0.15) is 12.7 Å². The predicted molar refractivity (Wildman–Crippen MR) is 36.5 cm³/mol. The van der Waals surface area contributed by atoms with Crippen LogP contribution in [-0.4, -0.2) is 16.0 Å². The van der Waals surface area contributed by atoms with Crippen LogP contribution in [0.1, 0.15) is 12.6 Å². The molecule has 1 radical (unpaired) electrons. The number of alkyl halides is 3. The quantitative estimate of drug-likeness (QED) is 0.673. The molecule has 0 N–H and O–H groups in total. The lowest BCUT2D eigenvalue weighted by Gasteiger charge is -2.08. The number of nitrogens with zero attached hydrogens (tertiary/aromatic N) is 2. The predicted octanol–water partition coefficient (Wildman–Crippen LogP) is 1.81. The Bertz CT molecular complexity index is 251. The summed E-state index contributed by atoms with van der Waals surface area (Å²) in [6.45, 7) is 0.747. The topological polar surface area (TPSA) is 17.8 Å². The molecule has 12 heavy (non-hydrogen) atoms. The van der Waals surface area contributed by atoms with Crippen LogP contribution in [0.4, 0.5) is 13.2 Å². The Kier molecular flexibility index (Phi) is 2.40. The van der Waals surface area contributed by atoms with Crippen LogP contribution in [0.3, 0.4) is 0 Å². The monoisotopic (exact) mass is 177 g/mol. The molecule has 0 amide bonds. The van der Waals surface area contributed by atoms with Crippen LogP contribution < -0.4 is 0 Å². The van der Waals surface area contributed by atoms with Crippen molar-refractivity contribution in [2.24, 2.45) is 0 Å². The van der Waals surface area contributed by atoms with Crippen LogP contribution in [0, 0.1) is 6.20 Å². The molecule has 0 saturated heterocycles. The molecular formula is C7H8F3N2. The summed E-state index contributed by atoms with van der Waals surface area (Å²) in [6, 6.07) is 1.46. The second-order valence-corrected chi connectivity index (χ2v) is 2.39. The average molecular weight is 177 g/mol. The zero-order valence-corrected chi connectivity index (χ0v) is 6.52. The molecule has 0 aliphatic carbocycles. The van der Waals surface area contributed by atoms with Crippen molar-refractivity contribution in [1.29, 1.82) is 0 Å². The largest absolute Gasteiger partial charge is 0.408 e. The van der Waals surface area contributed by atoms with Gasteiger partial charge in [-0.05, 0) is 12.5 Å². The van der Waals surface area contributed by atoms with Crippen molar-refractivity contribution in [3.05, 3.63) is 18.0 Å². The van der Waals surface area contributed by atoms with Gasteiger partial charge in [0, 0.05) is 5.69 Å². The molecule has 0 fully saturated rings. The van der Waals surface area contributed by atoms with Crippen molar-refractivity contribution in [2.45, 2.75) is 26.1 Å². The van der Waals surface area contributed by atoms with E-state index in [4.69, 9.17) is 0 Å². The SMILES string of the molecule is CCc1c[c]nn1CC(F)(F)F. The number of halogens is 3. The summed E-state index contributed by atoms with van der Waals surface area (Å²) in [5, 5.41) is 3.44. The van der Waals surface area contributed by atoms with Crippen molar-refractivity contribution in [3.8, 4) is 0 Å². The first-order valence-electron chi connectivity index (χ1n) is 3.52. The lowest BCUT2D eigenvalue weighted by molar-refractivity contribution is -0.143. The Morgan fingerprint density at radius 3 is 2.75 bits per heavy atom. The zero-order valence-electron chi connectivity index (χ0n) is 6.52. The van der Waals surface area contributed by atoms with E-state index >= 15 is 0 Å². The van der Waals surface area contributed by atoms with Gasteiger partial charge in [-0.3, -0.25) is 4.68 Å². The van der Waals surface area contributed by atoms with E-state index in [1.54, 1.807) is 6.92 Å². The fourth-order valence-electron chi connectivity index (χ4n) is 0.903. The molecule has 0 aliphatic heterocycles. The van der Waals surface area contributed by atoms with E-state index in [9.17, 15) is 13.2 Å². The first kappa shape index (κ1) is 9.09. The molecule has 2 nitrogen and oxygen atoms in total. The van der Waals surface area contributed by atoms with Crippen molar-refractivity contribution in [2.75, 3.05) is 0 Å². The Morgan fingerprint density at radius 2 is 2.25 bits per heavy atom. The summed E-state index contributed by atoms with van der Waals surface area (Å²) in [4.78, 5) is 0. The summed E-state index contributed by atoms with van der Waals surface area (Å²) in [5.41, 5.74) is 0.548. The Hall–Kier alpha value is -1.00. The van der Waals surface area contributed by atoms with Crippen LogP contribution >= 0.6 is 0 Å². The van der Waals surface area contributed by atoms with Gasteiger partial charge in [0.15, 0.2) is 0 Å². The van der Waals surface area contributed by atoms with Gasteiger partial charge in [0.2, 0.25) is 0 Å². The highest BCUT2D eigenvalue weighted by atomic mass is 19.4. The van der Waals surface area contributed by atoms with Crippen LogP contribution in [0.5, 0.6) is 0 Å². The molecule has 1 heterocycles. The molecule has 0 bridgehead atoms. The molecule has 0 unspecified atom stereocenters. The number of aromatic nitrogens is 2. The highest BCUT2D eigenvalue weighted by Crippen LogP contribution is 2.17. The molecule has 0 spiro atoms. The maximum Gasteiger partial charge on any atom is 0.408 e. The number of rotatable bonds is 2. The fraction of sp³-hybridized carbons (Fsp3) is 0.571. The highest BCUT2D eigenvalue weighted by molar-refractivity contribution is 4.98. The molecule has 0 saturated carbocycles. The van der Waals surface area contributed by atoms with Crippen molar-refractivity contribution in [1.82, 2.24) is 9.78 Å². The van der Waals surface area contributed by atoms with E-state index in [0.29, 0.717) is 12.1 Å². The van der Waals surface area contributed by atoms with Crippen LogP contribution in [-0.2, 0) is 13.0 Å². The van der Waals surface area contributed by atoms with Gasteiger partial charge in [-0.25, -0.2) is 0 Å². The second kappa shape index (κ2) is 3.16. The van der Waals surface area contributed by atoms with Gasteiger partial charge in [0.25, 0.3) is 0 Å². The lowest BCUT2D eigenvalue weighted by Crippen LogP contribution is -2.20. The summed E-state index contributed by atoms with van der Waals surface area (Å²) >= 11 is 0. The van der Waals surface area contributed by atoms with Gasteiger partial charge in [-0.1, -0.05) is 6.92 Å². The van der Waals surface area contributed by atoms with E-state index in [1.807, 2.05) is 0 Å². The first-order chi connectivity index (χ1) is 5.53. The molecule has 67 valence electrons. The van der Waals surface area contributed by atoms with Gasteiger partial charge in [0.05, 0.1) is 0 Å². The molecule has 0 aromatic carbocycles. The maximum atomic E-state index is 11.9. The molecule has 5 heteroatoms.